The molecular weight excluding hydrogens is 306 g/mol. The van der Waals surface area contributed by atoms with Crippen LogP contribution in [0.5, 0.6) is 0 Å². The van der Waals surface area contributed by atoms with Gasteiger partial charge < -0.3 is 0 Å². The zero-order chi connectivity index (χ0) is 15.8. The van der Waals surface area contributed by atoms with E-state index in [1.54, 1.807) is 0 Å². The van der Waals surface area contributed by atoms with Gasteiger partial charge in [-0.15, -0.1) is 0 Å². The standard InChI is InChI=1S/C19H20NO2S/c21-23(22)19(16-7-8-16)20-11-10-15-6-9-17(12-18(15)13-20)14-4-2-1-3-5-14/h1-4,6,9,12,16,19,23H,7-8,10-11,13H2. The number of hydrogen-bond acceptors (Lipinski definition) is 3. The average molecular weight is 326 g/mol. The van der Waals surface area contributed by atoms with Gasteiger partial charge in [0.05, 0.1) is 0 Å². The van der Waals surface area contributed by atoms with Crippen molar-refractivity contribution in [2.75, 3.05) is 6.54 Å². The number of rotatable bonds is 4. The SMILES string of the molecule is O=[SH](=O)C(C1CC1)N1CCc2ccc(-c3[c]cccc3)cc2C1. The van der Waals surface area contributed by atoms with Crippen LogP contribution in [0.1, 0.15) is 24.0 Å². The quantitative estimate of drug-likeness (QED) is 0.878. The van der Waals surface area contributed by atoms with E-state index in [1.807, 2.05) is 18.2 Å². The first-order valence-corrected chi connectivity index (χ1v) is 9.43. The Morgan fingerprint density at radius 2 is 2.00 bits per heavy atom. The van der Waals surface area contributed by atoms with Crippen molar-refractivity contribution < 1.29 is 8.42 Å². The van der Waals surface area contributed by atoms with E-state index >= 15 is 0 Å². The van der Waals surface area contributed by atoms with Crippen LogP contribution in [-0.2, 0) is 23.7 Å². The summed E-state index contributed by atoms with van der Waals surface area (Å²) in [5.41, 5.74) is 4.84. The highest BCUT2D eigenvalue weighted by Crippen LogP contribution is 2.38. The molecule has 0 N–H and O–H groups in total. The Morgan fingerprint density at radius 1 is 1.13 bits per heavy atom. The van der Waals surface area contributed by atoms with Crippen LogP contribution in [-0.4, -0.2) is 25.2 Å². The van der Waals surface area contributed by atoms with E-state index < -0.39 is 10.7 Å². The van der Waals surface area contributed by atoms with E-state index in [9.17, 15) is 8.42 Å². The van der Waals surface area contributed by atoms with Gasteiger partial charge in [-0.05, 0) is 59.6 Å². The van der Waals surface area contributed by atoms with Crippen LogP contribution in [0.3, 0.4) is 0 Å². The fourth-order valence-electron chi connectivity index (χ4n) is 3.54. The molecule has 1 aliphatic heterocycles. The molecule has 0 aromatic heterocycles. The topological polar surface area (TPSA) is 37.4 Å². The van der Waals surface area contributed by atoms with Crippen LogP contribution in [0.25, 0.3) is 11.1 Å². The molecule has 1 atom stereocenters. The monoisotopic (exact) mass is 326 g/mol. The largest absolute Gasteiger partial charge is 0.283 e. The number of fused-ring (bicyclic) bond motifs is 1. The van der Waals surface area contributed by atoms with Gasteiger partial charge in [0.2, 0.25) is 0 Å². The van der Waals surface area contributed by atoms with Crippen LogP contribution in [0, 0.1) is 12.0 Å². The van der Waals surface area contributed by atoms with Gasteiger partial charge in [0.25, 0.3) is 0 Å². The zero-order valence-electron chi connectivity index (χ0n) is 12.9. The van der Waals surface area contributed by atoms with E-state index in [0.29, 0.717) is 5.92 Å². The van der Waals surface area contributed by atoms with Crippen LogP contribution < -0.4 is 0 Å². The van der Waals surface area contributed by atoms with Crippen LogP contribution in [0.15, 0.2) is 42.5 Å². The summed E-state index contributed by atoms with van der Waals surface area (Å²) in [6, 6.07) is 17.8. The van der Waals surface area contributed by atoms with Gasteiger partial charge in [-0.1, -0.05) is 36.4 Å². The minimum absolute atomic E-state index is 0.273. The van der Waals surface area contributed by atoms with Gasteiger partial charge in [0.1, 0.15) is 5.37 Å². The molecule has 0 saturated heterocycles. The lowest BCUT2D eigenvalue weighted by atomic mass is 9.94. The summed E-state index contributed by atoms with van der Waals surface area (Å²) >= 11 is 0. The first kappa shape index (κ1) is 14.9. The molecule has 0 spiro atoms. The summed E-state index contributed by atoms with van der Waals surface area (Å²) in [5, 5.41) is -0.273. The Balaban J connectivity index is 1.63. The molecular formula is C19H20NO2S. The normalized spacial score (nSPS) is 19.5. The maximum atomic E-state index is 11.7. The first-order chi connectivity index (χ1) is 11.2. The summed E-state index contributed by atoms with van der Waals surface area (Å²) < 4.78 is 23.3. The molecule has 1 fully saturated rings. The molecule has 1 heterocycles. The Morgan fingerprint density at radius 3 is 2.70 bits per heavy atom. The van der Waals surface area contributed by atoms with Gasteiger partial charge >= 0.3 is 0 Å². The Bertz CT molecular complexity index is 773. The van der Waals surface area contributed by atoms with Crippen molar-refractivity contribution in [1.82, 2.24) is 4.90 Å². The molecule has 4 rings (SSSR count). The highest BCUT2D eigenvalue weighted by atomic mass is 32.2. The minimum atomic E-state index is -2.38. The maximum absolute atomic E-state index is 11.7. The summed E-state index contributed by atoms with van der Waals surface area (Å²) in [6.45, 7) is 1.58. The summed E-state index contributed by atoms with van der Waals surface area (Å²) in [5.74, 6) is 0.350. The fraction of sp³-hybridized carbons (Fsp3) is 0.368. The third kappa shape index (κ3) is 3.06. The molecule has 0 amide bonds. The van der Waals surface area contributed by atoms with Crippen molar-refractivity contribution in [3.63, 3.8) is 0 Å². The smallest absolute Gasteiger partial charge is 0.156 e. The van der Waals surface area contributed by atoms with E-state index in [-0.39, 0.29) is 5.37 Å². The second-order valence-electron chi connectivity index (χ2n) is 6.52. The molecule has 3 nitrogen and oxygen atoms in total. The van der Waals surface area contributed by atoms with Crippen molar-refractivity contribution in [3.05, 3.63) is 59.7 Å². The molecule has 23 heavy (non-hydrogen) atoms. The van der Waals surface area contributed by atoms with Gasteiger partial charge in [0.15, 0.2) is 10.7 Å². The lowest BCUT2D eigenvalue weighted by Crippen LogP contribution is -2.41. The Kier molecular flexibility index (Phi) is 3.95. The van der Waals surface area contributed by atoms with Crippen molar-refractivity contribution >= 4 is 10.7 Å². The zero-order valence-corrected chi connectivity index (χ0v) is 13.8. The number of benzene rings is 2. The van der Waals surface area contributed by atoms with E-state index in [4.69, 9.17) is 0 Å². The Hall–Kier alpha value is -1.65. The molecule has 2 aromatic rings. The van der Waals surface area contributed by atoms with Crippen molar-refractivity contribution in [1.29, 1.82) is 0 Å². The fourth-order valence-corrected chi connectivity index (χ4v) is 4.65. The van der Waals surface area contributed by atoms with Crippen LogP contribution >= 0.6 is 0 Å². The lowest BCUT2D eigenvalue weighted by Gasteiger charge is -2.33. The van der Waals surface area contributed by atoms with Gasteiger partial charge in [-0.25, -0.2) is 8.42 Å². The maximum Gasteiger partial charge on any atom is 0.156 e. The van der Waals surface area contributed by atoms with Crippen LogP contribution in [0.4, 0.5) is 0 Å². The molecule has 0 bridgehead atoms. The highest BCUT2D eigenvalue weighted by Gasteiger charge is 2.38. The van der Waals surface area contributed by atoms with E-state index in [1.165, 1.54) is 11.1 Å². The van der Waals surface area contributed by atoms with Gasteiger partial charge in [-0.2, -0.15) is 0 Å². The predicted molar refractivity (Wildman–Crippen MR) is 91.7 cm³/mol. The van der Waals surface area contributed by atoms with Crippen molar-refractivity contribution in [3.8, 4) is 11.1 Å². The molecule has 1 saturated carbocycles. The summed E-state index contributed by atoms with van der Waals surface area (Å²) in [7, 11) is -2.38. The van der Waals surface area contributed by atoms with E-state index in [2.05, 4.69) is 35.2 Å². The molecule has 2 aromatic carbocycles. The third-order valence-electron chi connectivity index (χ3n) is 4.90. The lowest BCUT2D eigenvalue weighted by molar-refractivity contribution is 0.214. The van der Waals surface area contributed by atoms with Crippen molar-refractivity contribution in [2.24, 2.45) is 5.92 Å². The summed E-state index contributed by atoms with van der Waals surface area (Å²) in [6.07, 6.45) is 3.03. The molecule has 119 valence electrons. The minimum Gasteiger partial charge on any atom is -0.283 e. The second-order valence-corrected chi connectivity index (χ2v) is 7.62. The molecule has 1 aliphatic carbocycles. The van der Waals surface area contributed by atoms with Crippen LogP contribution in [0.2, 0.25) is 0 Å². The highest BCUT2D eigenvalue weighted by molar-refractivity contribution is 7.73. The second kappa shape index (κ2) is 6.10. The van der Waals surface area contributed by atoms with Gasteiger partial charge in [-0.3, -0.25) is 4.90 Å². The first-order valence-electron chi connectivity index (χ1n) is 8.19. The molecule has 2 aliphatic rings. The number of hydrogen-bond donors (Lipinski definition) is 1. The summed E-state index contributed by atoms with van der Waals surface area (Å²) in [4.78, 5) is 2.16. The predicted octanol–water partition coefficient (Wildman–Crippen LogP) is 2.86. The average Bonchev–Trinajstić information content (AvgIpc) is 3.39. The van der Waals surface area contributed by atoms with Gasteiger partial charge in [0, 0.05) is 13.1 Å². The van der Waals surface area contributed by atoms with E-state index in [0.717, 1.165) is 43.5 Å². The third-order valence-corrected chi connectivity index (χ3v) is 6.08. The Labute approximate surface area is 138 Å². The molecule has 1 radical (unpaired) electrons. The number of thiol groups is 1. The molecule has 1 unspecified atom stereocenters. The molecule has 4 heteroatoms. The number of nitrogens with zero attached hydrogens (tertiary/aromatic N) is 1. The van der Waals surface area contributed by atoms with Crippen molar-refractivity contribution in [2.45, 2.75) is 31.2 Å².